The second-order valence-corrected chi connectivity index (χ2v) is 5.40. The highest BCUT2D eigenvalue weighted by Gasteiger charge is 2.57. The van der Waals surface area contributed by atoms with E-state index in [1.807, 2.05) is 13.8 Å². The van der Waals surface area contributed by atoms with Gasteiger partial charge in [-0.1, -0.05) is 0 Å². The molecule has 1 aromatic rings. The summed E-state index contributed by atoms with van der Waals surface area (Å²) in [4.78, 5) is 15.1. The summed E-state index contributed by atoms with van der Waals surface area (Å²) in [6.07, 6.45) is 0.657. The molecule has 1 aromatic heterocycles. The van der Waals surface area contributed by atoms with E-state index >= 15 is 0 Å². The molecule has 4 atom stereocenters. The molecule has 3 aliphatic heterocycles. The van der Waals surface area contributed by atoms with E-state index in [9.17, 15) is 4.79 Å². The summed E-state index contributed by atoms with van der Waals surface area (Å²) in [5.41, 5.74) is -0.329. The minimum Gasteiger partial charge on any atom is -0.462 e. The van der Waals surface area contributed by atoms with E-state index in [1.165, 1.54) is 6.07 Å². The summed E-state index contributed by atoms with van der Waals surface area (Å²) in [5.74, 6) is -0.632. The minimum atomic E-state index is -0.632. The fourth-order valence-electron chi connectivity index (χ4n) is 2.87. The van der Waals surface area contributed by atoms with Crippen molar-refractivity contribution in [2.45, 2.75) is 44.2 Å². The molecule has 2 fully saturated rings. The molecule has 0 amide bonds. The molecule has 102 valence electrons. The number of hydrogen-bond donors (Lipinski definition) is 0. The molecular weight excluding hydrogens is 252 g/mol. The molecule has 3 aliphatic rings. The maximum atomic E-state index is 11.3. The van der Waals surface area contributed by atoms with Crippen LogP contribution in [0.1, 0.15) is 20.1 Å². The van der Waals surface area contributed by atoms with Crippen LogP contribution >= 0.6 is 0 Å². The zero-order valence-corrected chi connectivity index (χ0v) is 10.6. The van der Waals surface area contributed by atoms with Crippen molar-refractivity contribution in [3.05, 3.63) is 22.6 Å². The highest BCUT2D eigenvalue weighted by molar-refractivity contribution is 5.08. The molecule has 4 rings (SSSR count). The zero-order valence-electron chi connectivity index (χ0n) is 10.6. The second-order valence-electron chi connectivity index (χ2n) is 5.40. The molecule has 19 heavy (non-hydrogen) atoms. The van der Waals surface area contributed by atoms with Crippen molar-refractivity contribution < 1.29 is 18.9 Å². The molecule has 0 saturated carbocycles. The van der Waals surface area contributed by atoms with Gasteiger partial charge in [-0.3, -0.25) is 9.36 Å². The van der Waals surface area contributed by atoms with Crippen LogP contribution in [0.15, 0.2) is 17.1 Å². The Labute approximate surface area is 109 Å². The van der Waals surface area contributed by atoms with E-state index in [0.717, 1.165) is 0 Å². The first kappa shape index (κ1) is 11.4. The lowest BCUT2D eigenvalue weighted by Gasteiger charge is -2.23. The summed E-state index contributed by atoms with van der Waals surface area (Å²) in [6.45, 7) is 4.05. The first-order chi connectivity index (χ1) is 9.03. The van der Waals surface area contributed by atoms with Crippen molar-refractivity contribution >= 4 is 0 Å². The lowest BCUT2D eigenvalue weighted by Crippen LogP contribution is -2.35. The molecule has 0 radical (unpaired) electrons. The monoisotopic (exact) mass is 266 g/mol. The first-order valence-corrected chi connectivity index (χ1v) is 6.27. The van der Waals surface area contributed by atoms with Crippen molar-refractivity contribution in [3.63, 3.8) is 0 Å². The van der Waals surface area contributed by atoms with Gasteiger partial charge in [0, 0.05) is 12.3 Å². The summed E-state index contributed by atoms with van der Waals surface area (Å²) in [6, 6.07) is 1.65. The Morgan fingerprint density at radius 3 is 3.00 bits per heavy atom. The maximum Gasteiger partial charge on any atom is 0.302 e. The van der Waals surface area contributed by atoms with Gasteiger partial charge in [0.1, 0.15) is 24.9 Å². The van der Waals surface area contributed by atoms with Gasteiger partial charge >= 0.3 is 6.01 Å². The Hall–Kier alpha value is -1.44. The third kappa shape index (κ3) is 1.62. The van der Waals surface area contributed by atoms with Gasteiger partial charge in [0.05, 0.1) is 0 Å². The highest BCUT2D eigenvalue weighted by Crippen LogP contribution is 2.45. The van der Waals surface area contributed by atoms with E-state index in [4.69, 9.17) is 18.9 Å². The van der Waals surface area contributed by atoms with E-state index in [1.54, 1.807) is 10.8 Å². The standard InChI is InChI=1S/C12H14N2O5/c1-12(2)18-8-6-5-16-11-13-7(15)3-4-14(11)10(17-6)9(8)19-12/h3-4,6,8-10H,5H2,1-2H3. The van der Waals surface area contributed by atoms with Crippen LogP contribution in [0.2, 0.25) is 0 Å². The number of fused-ring (bicyclic) bond motifs is 7. The van der Waals surface area contributed by atoms with Gasteiger partial charge in [-0.15, -0.1) is 0 Å². The van der Waals surface area contributed by atoms with Crippen molar-refractivity contribution in [3.8, 4) is 6.01 Å². The fourth-order valence-corrected chi connectivity index (χ4v) is 2.87. The van der Waals surface area contributed by atoms with Gasteiger partial charge in [-0.2, -0.15) is 4.98 Å². The average Bonchev–Trinajstić information content (AvgIpc) is 2.73. The molecule has 0 aliphatic carbocycles. The van der Waals surface area contributed by atoms with Gasteiger partial charge in [0.15, 0.2) is 12.0 Å². The zero-order chi connectivity index (χ0) is 13.2. The summed E-state index contributed by atoms with van der Waals surface area (Å²) >= 11 is 0. The van der Waals surface area contributed by atoms with Crippen LogP contribution in [-0.2, 0) is 14.2 Å². The number of rotatable bonds is 0. The van der Waals surface area contributed by atoms with Gasteiger partial charge in [0.25, 0.3) is 5.56 Å². The average molecular weight is 266 g/mol. The van der Waals surface area contributed by atoms with Gasteiger partial charge < -0.3 is 18.9 Å². The van der Waals surface area contributed by atoms with E-state index in [2.05, 4.69) is 4.98 Å². The molecule has 7 nitrogen and oxygen atoms in total. The Morgan fingerprint density at radius 1 is 1.37 bits per heavy atom. The van der Waals surface area contributed by atoms with E-state index < -0.39 is 5.79 Å². The van der Waals surface area contributed by atoms with Gasteiger partial charge in [-0.05, 0) is 13.8 Å². The minimum absolute atomic E-state index is 0.160. The molecular formula is C12H14N2O5. The van der Waals surface area contributed by atoms with Crippen molar-refractivity contribution in [2.75, 3.05) is 6.61 Å². The maximum absolute atomic E-state index is 11.3. The van der Waals surface area contributed by atoms with Gasteiger partial charge in [0.2, 0.25) is 0 Å². The quantitative estimate of drug-likeness (QED) is 0.661. The number of hydrogen-bond acceptors (Lipinski definition) is 6. The summed E-state index contributed by atoms with van der Waals surface area (Å²) in [5, 5.41) is 0. The Bertz CT molecular complexity index is 584. The molecule has 2 saturated heterocycles. The summed E-state index contributed by atoms with van der Waals surface area (Å²) < 4.78 is 24.9. The predicted molar refractivity (Wildman–Crippen MR) is 61.7 cm³/mol. The van der Waals surface area contributed by atoms with Crippen molar-refractivity contribution in [2.24, 2.45) is 0 Å². The van der Waals surface area contributed by atoms with Crippen LogP contribution in [0, 0.1) is 0 Å². The van der Waals surface area contributed by atoms with Crippen molar-refractivity contribution in [1.29, 1.82) is 0 Å². The predicted octanol–water partition coefficient (Wildman–Crippen LogP) is 0.0532. The molecule has 7 heteroatoms. The third-order valence-electron chi connectivity index (χ3n) is 3.58. The largest absolute Gasteiger partial charge is 0.462 e. The lowest BCUT2D eigenvalue weighted by molar-refractivity contribution is -0.195. The summed E-state index contributed by atoms with van der Waals surface area (Å²) in [7, 11) is 0. The fraction of sp³-hybridized carbons (Fsp3) is 0.667. The molecule has 0 aromatic carbocycles. The number of aromatic nitrogens is 2. The molecule has 4 unspecified atom stereocenters. The van der Waals surface area contributed by atoms with E-state index in [-0.39, 0.29) is 36.1 Å². The Kier molecular flexibility index (Phi) is 2.13. The third-order valence-corrected chi connectivity index (χ3v) is 3.58. The van der Waals surface area contributed by atoms with Crippen LogP contribution in [0.3, 0.4) is 0 Å². The Balaban J connectivity index is 1.79. The molecule has 0 N–H and O–H groups in total. The molecule has 0 spiro atoms. The number of nitrogens with zero attached hydrogens (tertiary/aromatic N) is 2. The smallest absolute Gasteiger partial charge is 0.302 e. The molecule has 4 heterocycles. The van der Waals surface area contributed by atoms with Crippen molar-refractivity contribution in [1.82, 2.24) is 9.55 Å². The van der Waals surface area contributed by atoms with Crippen LogP contribution in [-0.4, -0.2) is 40.3 Å². The van der Waals surface area contributed by atoms with Crippen LogP contribution in [0.25, 0.3) is 0 Å². The molecule has 2 bridgehead atoms. The van der Waals surface area contributed by atoms with Crippen LogP contribution < -0.4 is 10.3 Å². The Morgan fingerprint density at radius 2 is 2.16 bits per heavy atom. The SMILES string of the molecule is CC1(C)OC2C3COc4nc(=O)ccn4C(O3)C2O1. The van der Waals surface area contributed by atoms with Crippen LogP contribution in [0.4, 0.5) is 0 Å². The normalized spacial score (nSPS) is 38.2. The number of ether oxygens (including phenoxy) is 4. The first-order valence-electron chi connectivity index (χ1n) is 6.27. The van der Waals surface area contributed by atoms with E-state index in [0.29, 0.717) is 6.61 Å². The van der Waals surface area contributed by atoms with Crippen LogP contribution in [0.5, 0.6) is 6.01 Å². The van der Waals surface area contributed by atoms with Gasteiger partial charge in [-0.25, -0.2) is 0 Å². The topological polar surface area (TPSA) is 71.8 Å². The lowest BCUT2D eigenvalue weighted by atomic mass is 10.1. The highest BCUT2D eigenvalue weighted by atomic mass is 16.8. The second kappa shape index (κ2) is 3.56.